The molecule has 149 valence electrons. The first-order chi connectivity index (χ1) is 13.0. The Morgan fingerprint density at radius 3 is 1.70 bits per heavy atom. The molecule has 7 nitrogen and oxygen atoms in total. The molecule has 0 aromatic heterocycles. The molecule has 0 aliphatic heterocycles. The van der Waals surface area contributed by atoms with Crippen LogP contribution in [-0.4, -0.2) is 21.8 Å². The van der Waals surface area contributed by atoms with Crippen molar-refractivity contribution in [3.63, 3.8) is 0 Å². The number of nitrogens with zero attached hydrogens (tertiary/aromatic N) is 2. The zero-order valence-electron chi connectivity index (χ0n) is 15.9. The van der Waals surface area contributed by atoms with E-state index < -0.39 is 21.9 Å². The Labute approximate surface area is 160 Å². The minimum absolute atomic E-state index is 0.241. The summed E-state index contributed by atoms with van der Waals surface area (Å²) < 4.78 is 0. The van der Waals surface area contributed by atoms with Gasteiger partial charge in [0.1, 0.15) is 9.85 Å². The van der Waals surface area contributed by atoms with Crippen LogP contribution in [0.25, 0.3) is 0 Å². The molecule has 0 fully saturated rings. The summed E-state index contributed by atoms with van der Waals surface area (Å²) in [5.41, 5.74) is -2.82. The third kappa shape index (κ3) is 10.9. The van der Waals surface area contributed by atoms with Crippen LogP contribution in [0.1, 0.15) is 64.7 Å². The maximum Gasteiger partial charge on any atom is 0.523 e. The number of allylic oxidation sites excluding steroid dienone is 8. The van der Waals surface area contributed by atoms with Gasteiger partial charge >= 0.3 is 11.9 Å². The Kier molecular flexibility index (Phi) is 14.2. The summed E-state index contributed by atoms with van der Waals surface area (Å²) in [7, 11) is 0. The van der Waals surface area contributed by atoms with E-state index >= 15 is 0 Å². The number of carbonyl (C=O) groups excluding carboxylic acids is 1. The van der Waals surface area contributed by atoms with E-state index in [1.807, 2.05) is 12.2 Å². The topological polar surface area (TPSA) is 103 Å². The minimum Gasteiger partial charge on any atom is -0.273 e. The second-order valence-electron chi connectivity index (χ2n) is 6.03. The molecule has 0 aromatic rings. The van der Waals surface area contributed by atoms with E-state index in [4.69, 9.17) is 0 Å². The number of hydrogen-bond acceptors (Lipinski definition) is 5. The van der Waals surface area contributed by atoms with Crippen LogP contribution in [0.3, 0.4) is 0 Å². The number of hydrogen-bond donors (Lipinski definition) is 0. The highest BCUT2D eigenvalue weighted by Gasteiger charge is 2.57. The summed E-state index contributed by atoms with van der Waals surface area (Å²) in [6.45, 7) is 2.11. The standard InChI is InChI=1S/C20H29N2O5/c1-2-3-4-5-6-7-8-9-10-11-12-13-14-15-16-17-18-20(19-23,21(24)25)22(26)27/h3-4,6-7,9-10,12-13H,2,5,8,11,14-18H2,1H3. The Morgan fingerprint density at radius 2 is 1.26 bits per heavy atom. The molecule has 1 radical (unpaired) electrons. The first-order valence-corrected chi connectivity index (χ1v) is 9.29. The van der Waals surface area contributed by atoms with Crippen LogP contribution in [0.15, 0.2) is 48.6 Å². The van der Waals surface area contributed by atoms with Crippen LogP contribution in [0.4, 0.5) is 0 Å². The van der Waals surface area contributed by atoms with E-state index in [0.29, 0.717) is 6.42 Å². The molecule has 0 aliphatic carbocycles. The van der Waals surface area contributed by atoms with E-state index in [1.165, 1.54) is 0 Å². The third-order valence-electron chi connectivity index (χ3n) is 3.88. The molecule has 0 unspecified atom stereocenters. The minimum atomic E-state index is -2.82. The zero-order valence-corrected chi connectivity index (χ0v) is 15.9. The lowest BCUT2D eigenvalue weighted by Crippen LogP contribution is -2.47. The molecule has 0 rings (SSSR count). The van der Waals surface area contributed by atoms with Crippen LogP contribution in [0.5, 0.6) is 0 Å². The molecule has 0 atom stereocenters. The van der Waals surface area contributed by atoms with Crippen molar-refractivity contribution in [2.24, 2.45) is 0 Å². The average molecular weight is 377 g/mol. The summed E-state index contributed by atoms with van der Waals surface area (Å²) >= 11 is 0. The smallest absolute Gasteiger partial charge is 0.273 e. The predicted octanol–water partition coefficient (Wildman–Crippen LogP) is 5.10. The van der Waals surface area contributed by atoms with Crippen molar-refractivity contribution in [2.75, 3.05) is 0 Å². The molecule has 0 spiro atoms. The van der Waals surface area contributed by atoms with Gasteiger partial charge in [0, 0.05) is 0 Å². The van der Waals surface area contributed by atoms with Crippen molar-refractivity contribution >= 4 is 6.29 Å². The molecule has 0 amide bonds. The molecule has 0 N–H and O–H groups in total. The van der Waals surface area contributed by atoms with Gasteiger partial charge in [-0.1, -0.05) is 62.0 Å². The SMILES string of the molecule is CCC=CCC=CCC=CCC=CCCCCCC([C]=O)([N+](=O)[O-])[N+](=O)[O-]. The van der Waals surface area contributed by atoms with E-state index in [-0.39, 0.29) is 6.42 Å². The van der Waals surface area contributed by atoms with Gasteiger partial charge in [0.15, 0.2) is 0 Å². The first-order valence-electron chi connectivity index (χ1n) is 9.29. The van der Waals surface area contributed by atoms with Gasteiger partial charge in [-0.05, 0) is 44.9 Å². The maximum absolute atomic E-state index is 10.8. The fourth-order valence-electron chi connectivity index (χ4n) is 2.28. The third-order valence-corrected chi connectivity index (χ3v) is 3.88. The van der Waals surface area contributed by atoms with E-state index in [2.05, 4.69) is 43.4 Å². The number of nitro groups is 2. The lowest BCUT2D eigenvalue weighted by Gasteiger charge is -2.09. The van der Waals surface area contributed by atoms with Crippen molar-refractivity contribution in [2.45, 2.75) is 70.4 Å². The second kappa shape index (κ2) is 15.7. The van der Waals surface area contributed by atoms with Crippen LogP contribution in [-0.2, 0) is 4.79 Å². The molecule has 0 saturated heterocycles. The largest absolute Gasteiger partial charge is 0.523 e. The quantitative estimate of drug-likeness (QED) is 0.122. The number of unbranched alkanes of at least 4 members (excludes halogenated alkanes) is 3. The van der Waals surface area contributed by atoms with Crippen LogP contribution >= 0.6 is 0 Å². The van der Waals surface area contributed by atoms with E-state index in [0.717, 1.165) is 44.8 Å². The molecule has 0 saturated carbocycles. The molecule has 27 heavy (non-hydrogen) atoms. The van der Waals surface area contributed by atoms with Crippen LogP contribution in [0.2, 0.25) is 0 Å². The Balaban J connectivity index is 3.83. The normalized spacial score (nSPS) is 12.6. The molecular formula is C20H29N2O5. The summed E-state index contributed by atoms with van der Waals surface area (Å²) in [6.07, 6.45) is 23.6. The molecule has 7 heteroatoms. The first kappa shape index (κ1) is 24.4. The van der Waals surface area contributed by atoms with Gasteiger partial charge in [0.2, 0.25) is 0 Å². The maximum atomic E-state index is 10.8. The summed E-state index contributed by atoms with van der Waals surface area (Å²) in [5.74, 6) is 0. The molecule has 0 heterocycles. The predicted molar refractivity (Wildman–Crippen MR) is 106 cm³/mol. The van der Waals surface area contributed by atoms with Gasteiger partial charge < -0.3 is 0 Å². The lowest BCUT2D eigenvalue weighted by molar-refractivity contribution is -0.772. The zero-order chi connectivity index (χ0) is 20.4. The fourth-order valence-corrected chi connectivity index (χ4v) is 2.28. The van der Waals surface area contributed by atoms with Crippen molar-refractivity contribution < 1.29 is 14.6 Å². The summed E-state index contributed by atoms with van der Waals surface area (Å²) in [6, 6.07) is 0. The average Bonchev–Trinajstić information content (AvgIpc) is 2.64. The monoisotopic (exact) mass is 377 g/mol. The fraction of sp³-hybridized carbons (Fsp3) is 0.550. The van der Waals surface area contributed by atoms with Gasteiger partial charge in [-0.25, -0.2) is 0 Å². The second-order valence-corrected chi connectivity index (χ2v) is 6.03. The molecule has 0 bridgehead atoms. The van der Waals surface area contributed by atoms with Crippen LogP contribution in [0, 0.1) is 20.2 Å². The highest BCUT2D eigenvalue weighted by Crippen LogP contribution is 2.18. The van der Waals surface area contributed by atoms with Gasteiger partial charge in [-0.15, -0.1) is 0 Å². The van der Waals surface area contributed by atoms with Crippen molar-refractivity contribution in [1.82, 2.24) is 0 Å². The Hall–Kier alpha value is -2.57. The molecule has 0 aliphatic rings. The Bertz CT molecular complexity index is 551. The lowest BCUT2D eigenvalue weighted by atomic mass is 10.0. The van der Waals surface area contributed by atoms with Gasteiger partial charge in [0.05, 0.1) is 6.42 Å². The van der Waals surface area contributed by atoms with E-state index in [9.17, 15) is 25.0 Å². The van der Waals surface area contributed by atoms with E-state index in [1.54, 1.807) is 0 Å². The summed E-state index contributed by atoms with van der Waals surface area (Å²) in [4.78, 5) is 29.9. The highest BCUT2D eigenvalue weighted by molar-refractivity contribution is 5.59. The summed E-state index contributed by atoms with van der Waals surface area (Å²) in [5, 5.41) is 21.5. The Morgan fingerprint density at radius 1 is 0.778 bits per heavy atom. The highest BCUT2D eigenvalue weighted by atomic mass is 16.7. The molecule has 0 aromatic carbocycles. The van der Waals surface area contributed by atoms with Crippen molar-refractivity contribution in [3.8, 4) is 0 Å². The van der Waals surface area contributed by atoms with Gasteiger partial charge in [0.25, 0.3) is 0 Å². The van der Waals surface area contributed by atoms with Gasteiger partial charge in [-0.3, -0.25) is 25.0 Å². The van der Waals surface area contributed by atoms with Gasteiger partial charge in [-0.2, -0.15) is 0 Å². The number of rotatable bonds is 16. The van der Waals surface area contributed by atoms with Crippen LogP contribution < -0.4 is 0 Å². The van der Waals surface area contributed by atoms with Crippen molar-refractivity contribution in [1.29, 1.82) is 0 Å². The molecular weight excluding hydrogens is 348 g/mol. The van der Waals surface area contributed by atoms with Crippen molar-refractivity contribution in [3.05, 3.63) is 68.8 Å².